The number of anilines is 1. The lowest BCUT2D eigenvalue weighted by molar-refractivity contribution is -0.119. The van der Waals surface area contributed by atoms with Crippen molar-refractivity contribution >= 4 is 45.0 Å². The third kappa shape index (κ3) is 7.00. The minimum atomic E-state index is -3.90. The summed E-state index contributed by atoms with van der Waals surface area (Å²) in [6.07, 6.45) is 0. The van der Waals surface area contributed by atoms with Crippen molar-refractivity contribution in [1.82, 2.24) is 5.32 Å². The Hall–Kier alpha value is -2.48. The van der Waals surface area contributed by atoms with Gasteiger partial charge in [-0.3, -0.25) is 9.10 Å². The number of nitrogens with one attached hydrogen (secondary N) is 1. The molecule has 0 fully saturated rings. The number of hydrogen-bond acceptors (Lipinski definition) is 4. The summed E-state index contributed by atoms with van der Waals surface area (Å²) >= 11 is 7.68. The number of sulfonamides is 1. The van der Waals surface area contributed by atoms with Crippen LogP contribution in [0.5, 0.6) is 0 Å². The number of halogens is 1. The van der Waals surface area contributed by atoms with Crippen LogP contribution in [0.4, 0.5) is 5.69 Å². The van der Waals surface area contributed by atoms with Crippen molar-refractivity contribution in [3.05, 3.63) is 94.5 Å². The average Bonchev–Trinajstić information content (AvgIpc) is 2.80. The first-order valence-corrected chi connectivity index (χ1v) is 13.5. The van der Waals surface area contributed by atoms with E-state index in [-0.39, 0.29) is 17.3 Å². The largest absolute Gasteiger partial charge is 0.354 e. The van der Waals surface area contributed by atoms with Crippen LogP contribution in [0.15, 0.2) is 77.7 Å². The number of aryl methyl sites for hydroxylation is 2. The van der Waals surface area contributed by atoms with Crippen molar-refractivity contribution in [2.45, 2.75) is 24.5 Å². The third-order valence-corrected chi connectivity index (χ3v) is 8.18. The molecule has 0 heterocycles. The van der Waals surface area contributed by atoms with Gasteiger partial charge < -0.3 is 5.32 Å². The Labute approximate surface area is 205 Å². The molecular weight excluding hydrogens is 476 g/mol. The molecule has 0 spiro atoms. The molecule has 8 heteroatoms. The van der Waals surface area contributed by atoms with Crippen molar-refractivity contribution in [3.8, 4) is 0 Å². The first kappa shape index (κ1) is 25.1. The molecule has 174 valence electrons. The van der Waals surface area contributed by atoms with Gasteiger partial charge in [-0.25, -0.2) is 8.42 Å². The molecule has 0 aliphatic rings. The van der Waals surface area contributed by atoms with Crippen molar-refractivity contribution in [2.75, 3.05) is 23.1 Å². The van der Waals surface area contributed by atoms with Gasteiger partial charge in [0, 0.05) is 23.1 Å². The summed E-state index contributed by atoms with van der Waals surface area (Å²) in [7, 11) is -3.90. The fraction of sp³-hybridized carbons (Fsp3) is 0.240. The smallest absolute Gasteiger partial charge is 0.264 e. The van der Waals surface area contributed by atoms with Gasteiger partial charge in [0.1, 0.15) is 6.54 Å². The Bertz CT molecular complexity index is 1200. The standard InChI is InChI=1S/C25H27ClN2O3S2/c1-19-11-12-23(15-20(19)2)28(33(30,31)24-9-4-3-5-10-24)17-25(29)27-13-14-32-18-21-7-6-8-22(26)16-21/h3-12,15-16H,13-14,17-18H2,1-2H3,(H,27,29). The predicted molar refractivity (Wildman–Crippen MR) is 138 cm³/mol. The van der Waals surface area contributed by atoms with Gasteiger partial charge in [0.15, 0.2) is 0 Å². The van der Waals surface area contributed by atoms with E-state index in [9.17, 15) is 13.2 Å². The van der Waals surface area contributed by atoms with E-state index in [2.05, 4.69) is 5.32 Å². The van der Waals surface area contributed by atoms with E-state index in [1.165, 1.54) is 16.4 Å². The van der Waals surface area contributed by atoms with E-state index in [1.54, 1.807) is 42.1 Å². The van der Waals surface area contributed by atoms with E-state index in [0.717, 1.165) is 22.4 Å². The highest BCUT2D eigenvalue weighted by Gasteiger charge is 2.27. The second-order valence-corrected chi connectivity index (χ2v) is 11.0. The lowest BCUT2D eigenvalue weighted by atomic mass is 10.1. The highest BCUT2D eigenvalue weighted by molar-refractivity contribution is 7.98. The van der Waals surface area contributed by atoms with Crippen LogP contribution >= 0.6 is 23.4 Å². The summed E-state index contributed by atoms with van der Waals surface area (Å²) in [6.45, 7) is 4.03. The SMILES string of the molecule is Cc1ccc(N(CC(=O)NCCSCc2cccc(Cl)c2)S(=O)(=O)c2ccccc2)cc1C. The summed E-state index contributed by atoms with van der Waals surface area (Å²) in [5, 5.41) is 3.54. The number of hydrogen-bond donors (Lipinski definition) is 1. The highest BCUT2D eigenvalue weighted by Crippen LogP contribution is 2.25. The van der Waals surface area contributed by atoms with Gasteiger partial charge in [-0.1, -0.05) is 48.0 Å². The Morgan fingerprint density at radius 1 is 0.970 bits per heavy atom. The zero-order valence-corrected chi connectivity index (χ0v) is 21.0. The molecular formula is C25H27ClN2O3S2. The molecule has 0 aliphatic carbocycles. The van der Waals surface area contributed by atoms with E-state index in [4.69, 9.17) is 11.6 Å². The molecule has 3 aromatic carbocycles. The summed E-state index contributed by atoms with van der Waals surface area (Å²) in [5.74, 6) is 1.14. The second kappa shape index (κ2) is 11.6. The number of amides is 1. The maximum atomic E-state index is 13.4. The molecule has 33 heavy (non-hydrogen) atoms. The van der Waals surface area contributed by atoms with Crippen molar-refractivity contribution in [3.63, 3.8) is 0 Å². The summed E-state index contributed by atoms with van der Waals surface area (Å²) in [6, 6.07) is 21.2. The van der Waals surface area contributed by atoms with E-state index < -0.39 is 10.0 Å². The lowest BCUT2D eigenvalue weighted by Gasteiger charge is -2.24. The molecule has 0 bridgehead atoms. The minimum absolute atomic E-state index is 0.146. The highest BCUT2D eigenvalue weighted by atomic mass is 35.5. The van der Waals surface area contributed by atoms with Gasteiger partial charge in [0.25, 0.3) is 10.0 Å². The summed E-state index contributed by atoms with van der Waals surface area (Å²) in [4.78, 5) is 12.8. The molecule has 0 radical (unpaired) electrons. The molecule has 0 saturated carbocycles. The van der Waals surface area contributed by atoms with Crippen LogP contribution in [0.2, 0.25) is 5.02 Å². The zero-order chi connectivity index (χ0) is 23.8. The Balaban J connectivity index is 1.65. The number of thioether (sulfide) groups is 1. The zero-order valence-electron chi connectivity index (χ0n) is 18.6. The minimum Gasteiger partial charge on any atom is -0.354 e. The normalized spacial score (nSPS) is 11.2. The van der Waals surface area contributed by atoms with Crippen LogP contribution in [0.25, 0.3) is 0 Å². The Morgan fingerprint density at radius 3 is 2.42 bits per heavy atom. The van der Waals surface area contributed by atoms with Crippen molar-refractivity contribution < 1.29 is 13.2 Å². The maximum absolute atomic E-state index is 13.4. The van der Waals surface area contributed by atoms with Gasteiger partial charge in [-0.2, -0.15) is 11.8 Å². The molecule has 3 aromatic rings. The summed E-state index contributed by atoms with van der Waals surface area (Å²) in [5.41, 5.74) is 3.59. The monoisotopic (exact) mass is 502 g/mol. The van der Waals surface area contributed by atoms with Gasteiger partial charge >= 0.3 is 0 Å². The molecule has 0 unspecified atom stereocenters. The van der Waals surface area contributed by atoms with Gasteiger partial charge in [-0.15, -0.1) is 0 Å². The van der Waals surface area contributed by atoms with Crippen LogP contribution in [0.1, 0.15) is 16.7 Å². The fourth-order valence-electron chi connectivity index (χ4n) is 3.18. The molecule has 0 aromatic heterocycles. The lowest BCUT2D eigenvalue weighted by Crippen LogP contribution is -2.41. The molecule has 3 rings (SSSR count). The quantitative estimate of drug-likeness (QED) is 0.387. The summed E-state index contributed by atoms with van der Waals surface area (Å²) < 4.78 is 27.9. The van der Waals surface area contributed by atoms with E-state index in [1.807, 2.05) is 44.2 Å². The number of benzene rings is 3. The molecule has 5 nitrogen and oxygen atoms in total. The number of carbonyl (C=O) groups excluding carboxylic acids is 1. The molecule has 0 saturated heterocycles. The predicted octanol–water partition coefficient (Wildman–Crippen LogP) is 5.20. The van der Waals surface area contributed by atoms with Crippen LogP contribution in [0, 0.1) is 13.8 Å². The fourth-order valence-corrected chi connectivity index (χ4v) is 5.63. The number of carbonyl (C=O) groups is 1. The molecule has 0 aliphatic heterocycles. The van der Waals surface area contributed by atoms with Crippen molar-refractivity contribution in [1.29, 1.82) is 0 Å². The topological polar surface area (TPSA) is 66.5 Å². The van der Waals surface area contributed by atoms with Crippen molar-refractivity contribution in [2.24, 2.45) is 0 Å². The van der Waals surface area contributed by atoms with E-state index >= 15 is 0 Å². The Kier molecular flexibility index (Phi) is 8.83. The molecule has 1 N–H and O–H groups in total. The van der Waals surface area contributed by atoms with E-state index in [0.29, 0.717) is 23.0 Å². The molecule has 1 amide bonds. The van der Waals surface area contributed by atoms with Crippen LogP contribution in [0.3, 0.4) is 0 Å². The van der Waals surface area contributed by atoms with Crippen LogP contribution in [-0.4, -0.2) is 33.2 Å². The van der Waals surface area contributed by atoms with Crippen LogP contribution < -0.4 is 9.62 Å². The molecule has 0 atom stereocenters. The maximum Gasteiger partial charge on any atom is 0.264 e. The van der Waals surface area contributed by atoms with Gasteiger partial charge in [0.05, 0.1) is 10.6 Å². The first-order chi connectivity index (χ1) is 15.8. The number of nitrogens with zero attached hydrogens (tertiary/aromatic N) is 1. The second-order valence-electron chi connectivity index (χ2n) is 7.63. The third-order valence-electron chi connectivity index (χ3n) is 5.12. The Morgan fingerprint density at radius 2 is 1.73 bits per heavy atom. The number of rotatable bonds is 10. The first-order valence-electron chi connectivity index (χ1n) is 10.5. The van der Waals surface area contributed by atoms with Crippen LogP contribution in [-0.2, 0) is 20.6 Å². The van der Waals surface area contributed by atoms with Gasteiger partial charge in [0.2, 0.25) is 5.91 Å². The van der Waals surface area contributed by atoms with Gasteiger partial charge in [-0.05, 0) is 66.9 Å². The average molecular weight is 503 g/mol.